The second-order valence-corrected chi connectivity index (χ2v) is 7.62. The molecule has 0 unspecified atom stereocenters. The van der Waals surface area contributed by atoms with E-state index in [2.05, 4.69) is 72.8 Å². The van der Waals surface area contributed by atoms with E-state index in [1.807, 2.05) is 18.2 Å². The summed E-state index contributed by atoms with van der Waals surface area (Å²) in [4.78, 5) is 0. The Bertz CT molecular complexity index is 1690. The number of methoxy groups -OCH3 is 1. The summed E-state index contributed by atoms with van der Waals surface area (Å²) in [5, 5.41) is 21.5. The van der Waals surface area contributed by atoms with Crippen LogP contribution in [-0.2, 0) is 0 Å². The summed E-state index contributed by atoms with van der Waals surface area (Å²) in [7, 11) is 1.71. The van der Waals surface area contributed by atoms with Gasteiger partial charge in [0.15, 0.2) is 0 Å². The third kappa shape index (κ3) is 2.18. The third-order valence-electron chi connectivity index (χ3n) is 6.14. The summed E-state index contributed by atoms with van der Waals surface area (Å²) in [6.45, 7) is 0. The Hall–Kier alpha value is -4.09. The molecule has 140 valence electrons. The van der Waals surface area contributed by atoms with Gasteiger partial charge in [0.2, 0.25) is 0 Å². The van der Waals surface area contributed by atoms with E-state index < -0.39 is 0 Å². The monoisotopic (exact) mass is 383 g/mol. The van der Waals surface area contributed by atoms with Crippen LogP contribution in [0, 0.1) is 11.3 Å². The second kappa shape index (κ2) is 6.20. The lowest BCUT2D eigenvalue weighted by Gasteiger charge is -2.17. The maximum absolute atomic E-state index is 9.48. The first-order valence-electron chi connectivity index (χ1n) is 9.97. The first-order valence-corrected chi connectivity index (χ1v) is 9.97. The van der Waals surface area contributed by atoms with Crippen LogP contribution in [0.3, 0.4) is 0 Å². The van der Waals surface area contributed by atoms with Crippen molar-refractivity contribution >= 4 is 53.9 Å². The van der Waals surface area contributed by atoms with Gasteiger partial charge in [-0.1, -0.05) is 60.7 Å². The van der Waals surface area contributed by atoms with Crippen molar-refractivity contribution in [1.29, 1.82) is 5.26 Å². The van der Waals surface area contributed by atoms with E-state index in [1.54, 1.807) is 7.11 Å². The van der Waals surface area contributed by atoms with E-state index in [0.717, 1.165) is 11.1 Å². The van der Waals surface area contributed by atoms with Crippen molar-refractivity contribution in [2.24, 2.45) is 0 Å². The first-order chi connectivity index (χ1) is 14.8. The molecule has 6 rings (SSSR count). The molecule has 0 amide bonds. The maximum atomic E-state index is 9.48. The number of nitrogens with zero attached hydrogens (tertiary/aromatic N) is 1. The van der Waals surface area contributed by atoms with Crippen molar-refractivity contribution in [3.8, 4) is 11.8 Å². The molecule has 2 heteroatoms. The van der Waals surface area contributed by atoms with E-state index in [4.69, 9.17) is 4.74 Å². The van der Waals surface area contributed by atoms with Gasteiger partial charge in [0, 0.05) is 0 Å². The summed E-state index contributed by atoms with van der Waals surface area (Å²) in [5.74, 6) is 0.857. The fourth-order valence-corrected chi connectivity index (χ4v) is 4.85. The number of fused-ring (bicyclic) bond motifs is 11. The molecule has 0 N–H and O–H groups in total. The fraction of sp³-hybridized carbons (Fsp3) is 0.0357. The van der Waals surface area contributed by atoms with Crippen molar-refractivity contribution in [3.63, 3.8) is 0 Å². The zero-order chi connectivity index (χ0) is 20.2. The molecule has 0 bridgehead atoms. The molecule has 6 aromatic carbocycles. The Morgan fingerprint density at radius 2 is 1.07 bits per heavy atom. The third-order valence-corrected chi connectivity index (χ3v) is 6.14. The number of benzene rings is 6. The van der Waals surface area contributed by atoms with Crippen LogP contribution in [0.4, 0.5) is 0 Å². The van der Waals surface area contributed by atoms with Crippen LogP contribution in [0.1, 0.15) is 5.56 Å². The summed E-state index contributed by atoms with van der Waals surface area (Å²) in [5.41, 5.74) is 0.682. The first kappa shape index (κ1) is 16.8. The molecule has 0 aliphatic carbocycles. The summed E-state index contributed by atoms with van der Waals surface area (Å²) < 4.78 is 5.54. The molecule has 30 heavy (non-hydrogen) atoms. The number of hydrogen-bond donors (Lipinski definition) is 0. The van der Waals surface area contributed by atoms with Gasteiger partial charge in [0.25, 0.3) is 0 Å². The lowest BCUT2D eigenvalue weighted by molar-refractivity contribution is 0.415. The fourth-order valence-electron chi connectivity index (χ4n) is 4.85. The second-order valence-electron chi connectivity index (χ2n) is 7.62. The Morgan fingerprint density at radius 1 is 0.567 bits per heavy atom. The van der Waals surface area contributed by atoms with Crippen LogP contribution in [-0.4, -0.2) is 7.11 Å². The molecule has 6 aromatic rings. The minimum atomic E-state index is 0.682. The molecule has 0 aliphatic rings. The van der Waals surface area contributed by atoms with Crippen molar-refractivity contribution in [3.05, 3.63) is 90.5 Å². The minimum Gasteiger partial charge on any atom is -0.497 e. The molecule has 0 spiro atoms. The Morgan fingerprint density at radius 3 is 1.63 bits per heavy atom. The minimum absolute atomic E-state index is 0.682. The molecular weight excluding hydrogens is 366 g/mol. The topological polar surface area (TPSA) is 33.0 Å². The van der Waals surface area contributed by atoms with Crippen LogP contribution in [0.25, 0.3) is 53.9 Å². The highest BCUT2D eigenvalue weighted by Crippen LogP contribution is 2.44. The Kier molecular flexibility index (Phi) is 3.48. The standard InChI is InChI=1S/C28H17NO/c1-30-18-11-13-24-26(15-18)20-7-3-5-9-22(20)27-23-12-10-17(16-29)14-25(23)19-6-2-4-8-21(19)28(24)27/h2-15H,1H3. The molecule has 0 atom stereocenters. The largest absolute Gasteiger partial charge is 0.497 e. The van der Waals surface area contributed by atoms with Gasteiger partial charge in [-0.05, 0) is 78.1 Å². The van der Waals surface area contributed by atoms with Gasteiger partial charge in [-0.25, -0.2) is 0 Å². The van der Waals surface area contributed by atoms with E-state index in [0.29, 0.717) is 5.56 Å². The van der Waals surface area contributed by atoms with Gasteiger partial charge < -0.3 is 4.74 Å². The Labute approximate surface area is 173 Å². The normalized spacial score (nSPS) is 11.5. The van der Waals surface area contributed by atoms with Gasteiger partial charge in [0.05, 0.1) is 18.7 Å². The van der Waals surface area contributed by atoms with Gasteiger partial charge in [-0.2, -0.15) is 5.26 Å². The van der Waals surface area contributed by atoms with Gasteiger partial charge in [-0.3, -0.25) is 0 Å². The van der Waals surface area contributed by atoms with E-state index in [9.17, 15) is 5.26 Å². The average Bonchev–Trinajstić information content (AvgIpc) is 2.83. The van der Waals surface area contributed by atoms with Crippen LogP contribution >= 0.6 is 0 Å². The molecule has 0 heterocycles. The van der Waals surface area contributed by atoms with Gasteiger partial charge in [0.1, 0.15) is 5.75 Å². The number of hydrogen-bond acceptors (Lipinski definition) is 2. The molecule has 0 saturated carbocycles. The SMILES string of the molecule is COc1ccc2c(c1)c1ccccc1c1c3ccc(C#N)cc3c3ccccc3c21. The summed E-state index contributed by atoms with van der Waals surface area (Å²) >= 11 is 0. The molecule has 2 nitrogen and oxygen atoms in total. The highest BCUT2D eigenvalue weighted by Gasteiger charge is 2.16. The molecule has 0 saturated heterocycles. The predicted octanol–water partition coefficient (Wildman–Crippen LogP) is 7.33. The number of rotatable bonds is 1. The molecule has 0 aromatic heterocycles. The van der Waals surface area contributed by atoms with Crippen molar-refractivity contribution in [2.75, 3.05) is 7.11 Å². The quantitative estimate of drug-likeness (QED) is 0.278. The van der Waals surface area contributed by atoms with Crippen molar-refractivity contribution < 1.29 is 4.74 Å². The highest BCUT2D eigenvalue weighted by atomic mass is 16.5. The molecule has 0 fully saturated rings. The average molecular weight is 383 g/mol. The summed E-state index contributed by atoms with van der Waals surface area (Å²) in [6.07, 6.45) is 0. The molecule has 0 radical (unpaired) electrons. The van der Waals surface area contributed by atoms with Crippen LogP contribution in [0.15, 0.2) is 84.9 Å². The highest BCUT2D eigenvalue weighted by molar-refractivity contribution is 6.39. The summed E-state index contributed by atoms with van der Waals surface area (Å²) in [6, 6.07) is 31.7. The lowest BCUT2D eigenvalue weighted by atomic mass is 9.87. The Balaban J connectivity index is 2.03. The van der Waals surface area contributed by atoms with Crippen LogP contribution in [0.2, 0.25) is 0 Å². The predicted molar refractivity (Wildman–Crippen MR) is 125 cm³/mol. The lowest BCUT2D eigenvalue weighted by Crippen LogP contribution is -1.90. The van der Waals surface area contributed by atoms with Gasteiger partial charge in [-0.15, -0.1) is 0 Å². The zero-order valence-electron chi connectivity index (χ0n) is 16.4. The van der Waals surface area contributed by atoms with Crippen molar-refractivity contribution in [1.82, 2.24) is 0 Å². The number of nitriles is 1. The number of ether oxygens (including phenoxy) is 1. The van der Waals surface area contributed by atoms with Crippen LogP contribution in [0.5, 0.6) is 5.75 Å². The van der Waals surface area contributed by atoms with E-state index in [1.165, 1.54) is 48.5 Å². The van der Waals surface area contributed by atoms with E-state index in [-0.39, 0.29) is 0 Å². The molecule has 0 aliphatic heterocycles. The van der Waals surface area contributed by atoms with Crippen molar-refractivity contribution in [2.45, 2.75) is 0 Å². The maximum Gasteiger partial charge on any atom is 0.119 e. The zero-order valence-corrected chi connectivity index (χ0v) is 16.4. The molecular formula is C28H17NO. The van der Waals surface area contributed by atoms with E-state index >= 15 is 0 Å². The van der Waals surface area contributed by atoms with Crippen LogP contribution < -0.4 is 4.74 Å². The van der Waals surface area contributed by atoms with Gasteiger partial charge >= 0.3 is 0 Å². The smallest absolute Gasteiger partial charge is 0.119 e.